The Hall–Kier alpha value is -4.25. The van der Waals surface area contributed by atoms with Crippen molar-refractivity contribution in [2.24, 2.45) is 0 Å². The summed E-state index contributed by atoms with van der Waals surface area (Å²) >= 11 is 0. The van der Waals surface area contributed by atoms with Gasteiger partial charge in [0.25, 0.3) is 0 Å². The minimum absolute atomic E-state index is 0.314. The fourth-order valence-electron chi connectivity index (χ4n) is 5.84. The number of carbonyl (C=O) groups is 1. The highest BCUT2D eigenvalue weighted by Crippen LogP contribution is 2.57. The third kappa shape index (κ3) is 3.65. The van der Waals surface area contributed by atoms with Gasteiger partial charge in [0, 0.05) is 59.5 Å². The van der Waals surface area contributed by atoms with Crippen LogP contribution in [0.1, 0.15) is 54.2 Å². The van der Waals surface area contributed by atoms with E-state index in [2.05, 4.69) is 85.2 Å². The molecular formula is C33H32N2O3. The standard InChI is InChI=1S/C33H32N2O3/c1-4-20-35(23-12-8-7-9-13-23)25-17-19-30-29(21-25)33(27-15-11-10-14-26(27)32(36)38-33)28-18-16-24(22-31(28)37-30)34(5-2)6-3/h7-19,21-22H,4-6,20H2,1-3H3. The molecule has 0 amide bonds. The van der Waals surface area contributed by atoms with Crippen molar-refractivity contribution in [2.45, 2.75) is 32.8 Å². The van der Waals surface area contributed by atoms with Crippen LogP contribution in [0.5, 0.6) is 11.5 Å². The van der Waals surface area contributed by atoms with E-state index in [1.807, 2.05) is 36.4 Å². The van der Waals surface area contributed by atoms with Gasteiger partial charge in [-0.15, -0.1) is 0 Å². The lowest BCUT2D eigenvalue weighted by Gasteiger charge is -2.38. The minimum atomic E-state index is -1.08. The molecule has 0 N–H and O–H groups in total. The van der Waals surface area contributed by atoms with Gasteiger partial charge in [0.2, 0.25) is 0 Å². The van der Waals surface area contributed by atoms with Crippen molar-refractivity contribution in [1.82, 2.24) is 0 Å². The number of rotatable bonds is 7. The first kappa shape index (κ1) is 24.1. The number of nitrogens with zero attached hydrogens (tertiary/aromatic N) is 2. The summed E-state index contributed by atoms with van der Waals surface area (Å²) in [6, 6.07) is 30.6. The normalized spacial score (nSPS) is 16.8. The van der Waals surface area contributed by atoms with E-state index in [0.717, 1.165) is 59.8 Å². The van der Waals surface area contributed by atoms with Gasteiger partial charge in [-0.3, -0.25) is 0 Å². The van der Waals surface area contributed by atoms with Gasteiger partial charge in [-0.25, -0.2) is 4.79 Å². The van der Waals surface area contributed by atoms with Crippen LogP contribution in [0, 0.1) is 0 Å². The molecule has 1 atom stereocenters. The number of carbonyl (C=O) groups excluding carboxylic acids is 1. The fourth-order valence-corrected chi connectivity index (χ4v) is 5.84. The SMILES string of the molecule is CCCN(c1ccccc1)c1ccc2c(c1)C1(OC(=O)c3ccccc31)c1ccc(N(CC)CC)cc1O2. The average molecular weight is 505 g/mol. The Morgan fingerprint density at radius 1 is 0.684 bits per heavy atom. The van der Waals surface area contributed by atoms with E-state index in [4.69, 9.17) is 9.47 Å². The van der Waals surface area contributed by atoms with Crippen LogP contribution in [0.15, 0.2) is 91.0 Å². The second kappa shape index (κ2) is 9.56. The van der Waals surface area contributed by atoms with Gasteiger partial charge in [0.1, 0.15) is 11.5 Å². The van der Waals surface area contributed by atoms with Crippen molar-refractivity contribution in [3.63, 3.8) is 0 Å². The molecule has 0 radical (unpaired) electrons. The average Bonchev–Trinajstić information content (AvgIpc) is 3.25. The highest BCUT2D eigenvalue weighted by molar-refractivity contribution is 5.97. The van der Waals surface area contributed by atoms with E-state index >= 15 is 0 Å². The summed E-state index contributed by atoms with van der Waals surface area (Å²) in [5.74, 6) is 1.10. The molecule has 38 heavy (non-hydrogen) atoms. The molecule has 4 aromatic carbocycles. The van der Waals surface area contributed by atoms with Crippen molar-refractivity contribution in [3.8, 4) is 11.5 Å². The smallest absolute Gasteiger partial charge is 0.340 e. The fraction of sp³-hybridized carbons (Fsp3) is 0.242. The largest absolute Gasteiger partial charge is 0.456 e. The summed E-state index contributed by atoms with van der Waals surface area (Å²) in [6.45, 7) is 9.11. The zero-order valence-electron chi connectivity index (χ0n) is 22.1. The monoisotopic (exact) mass is 504 g/mol. The summed E-state index contributed by atoms with van der Waals surface area (Å²) in [6.07, 6.45) is 0.989. The number of para-hydroxylation sites is 1. The van der Waals surface area contributed by atoms with Crippen LogP contribution in [-0.2, 0) is 10.3 Å². The summed E-state index contributed by atoms with van der Waals surface area (Å²) in [7, 11) is 0. The second-order valence-corrected chi connectivity index (χ2v) is 9.74. The maximum absolute atomic E-state index is 13.3. The minimum Gasteiger partial charge on any atom is -0.456 e. The Balaban J connectivity index is 1.58. The molecule has 0 aromatic heterocycles. The number of hydrogen-bond acceptors (Lipinski definition) is 5. The molecule has 0 fully saturated rings. The van der Waals surface area contributed by atoms with E-state index in [0.29, 0.717) is 17.1 Å². The molecule has 2 aliphatic heterocycles. The number of fused-ring (bicyclic) bond motifs is 6. The van der Waals surface area contributed by atoms with Crippen LogP contribution in [0.4, 0.5) is 17.1 Å². The van der Waals surface area contributed by atoms with Gasteiger partial charge in [-0.1, -0.05) is 43.3 Å². The molecular weight excluding hydrogens is 472 g/mol. The van der Waals surface area contributed by atoms with Crippen LogP contribution in [0.25, 0.3) is 0 Å². The maximum atomic E-state index is 13.3. The van der Waals surface area contributed by atoms with Crippen LogP contribution < -0.4 is 14.5 Å². The van der Waals surface area contributed by atoms with E-state index < -0.39 is 5.60 Å². The number of hydrogen-bond donors (Lipinski definition) is 0. The summed E-state index contributed by atoms with van der Waals surface area (Å²) < 4.78 is 13.0. The number of ether oxygens (including phenoxy) is 2. The Morgan fingerprint density at radius 2 is 1.42 bits per heavy atom. The first-order chi connectivity index (χ1) is 18.6. The maximum Gasteiger partial charge on any atom is 0.340 e. The Kier molecular flexibility index (Phi) is 6.07. The molecule has 0 aliphatic carbocycles. The Bertz CT molecular complexity index is 1500. The van der Waals surface area contributed by atoms with E-state index in [1.54, 1.807) is 0 Å². The Morgan fingerprint density at radius 3 is 2.18 bits per heavy atom. The molecule has 0 saturated carbocycles. The van der Waals surface area contributed by atoms with Gasteiger partial charge in [-0.05, 0) is 68.8 Å². The molecule has 5 heteroatoms. The first-order valence-corrected chi connectivity index (χ1v) is 13.5. The van der Waals surface area contributed by atoms with Crippen molar-refractivity contribution in [3.05, 3.63) is 113 Å². The zero-order chi connectivity index (χ0) is 26.3. The zero-order valence-corrected chi connectivity index (χ0v) is 22.1. The predicted molar refractivity (Wildman–Crippen MR) is 152 cm³/mol. The lowest BCUT2D eigenvalue weighted by Crippen LogP contribution is -2.33. The van der Waals surface area contributed by atoms with E-state index in [1.165, 1.54) is 0 Å². The van der Waals surface area contributed by atoms with Crippen LogP contribution in [-0.4, -0.2) is 25.6 Å². The van der Waals surface area contributed by atoms with Crippen molar-refractivity contribution >= 4 is 23.0 Å². The topological polar surface area (TPSA) is 42.0 Å². The summed E-state index contributed by atoms with van der Waals surface area (Å²) in [4.78, 5) is 17.9. The van der Waals surface area contributed by atoms with Gasteiger partial charge in [-0.2, -0.15) is 0 Å². The third-order valence-electron chi connectivity index (χ3n) is 7.63. The van der Waals surface area contributed by atoms with Crippen LogP contribution in [0.2, 0.25) is 0 Å². The van der Waals surface area contributed by atoms with Crippen molar-refractivity contribution in [1.29, 1.82) is 0 Å². The molecule has 1 spiro atoms. The van der Waals surface area contributed by atoms with E-state index in [9.17, 15) is 4.79 Å². The molecule has 2 heterocycles. The Labute approximate surface area is 224 Å². The highest BCUT2D eigenvalue weighted by atomic mass is 16.6. The molecule has 6 rings (SSSR count). The van der Waals surface area contributed by atoms with Crippen LogP contribution in [0.3, 0.4) is 0 Å². The molecule has 2 aliphatic rings. The quantitative estimate of drug-likeness (QED) is 0.242. The molecule has 0 bridgehead atoms. The van der Waals surface area contributed by atoms with Crippen molar-refractivity contribution < 1.29 is 14.3 Å². The van der Waals surface area contributed by atoms with Gasteiger partial charge < -0.3 is 19.3 Å². The molecule has 0 saturated heterocycles. The number of anilines is 3. The second-order valence-electron chi connectivity index (χ2n) is 9.74. The third-order valence-corrected chi connectivity index (χ3v) is 7.63. The lowest BCUT2D eigenvalue weighted by atomic mass is 9.77. The molecule has 4 aromatic rings. The number of esters is 1. The summed E-state index contributed by atoms with van der Waals surface area (Å²) in [5.41, 5.74) is 5.29. The lowest BCUT2D eigenvalue weighted by molar-refractivity contribution is 0.0224. The molecule has 5 nitrogen and oxygen atoms in total. The summed E-state index contributed by atoms with van der Waals surface area (Å²) in [5, 5.41) is 0. The van der Waals surface area contributed by atoms with Gasteiger partial charge >= 0.3 is 5.97 Å². The van der Waals surface area contributed by atoms with Crippen molar-refractivity contribution in [2.75, 3.05) is 29.4 Å². The molecule has 1 unspecified atom stereocenters. The number of benzene rings is 4. The molecule has 192 valence electrons. The first-order valence-electron chi connectivity index (χ1n) is 13.5. The van der Waals surface area contributed by atoms with Crippen LogP contribution >= 0.6 is 0 Å². The predicted octanol–water partition coefficient (Wildman–Crippen LogP) is 7.65. The van der Waals surface area contributed by atoms with Gasteiger partial charge in [0.05, 0.1) is 5.56 Å². The van der Waals surface area contributed by atoms with E-state index in [-0.39, 0.29) is 5.97 Å². The highest BCUT2D eigenvalue weighted by Gasteiger charge is 2.53. The van der Waals surface area contributed by atoms with Gasteiger partial charge in [0.15, 0.2) is 5.60 Å².